The summed E-state index contributed by atoms with van der Waals surface area (Å²) in [5.74, 6) is -4.24. The average Bonchev–Trinajstić information content (AvgIpc) is 3.13. The van der Waals surface area contributed by atoms with E-state index in [1.807, 2.05) is 0 Å². The predicted molar refractivity (Wildman–Crippen MR) is 119 cm³/mol. The van der Waals surface area contributed by atoms with Crippen LogP contribution >= 0.6 is 0 Å². The van der Waals surface area contributed by atoms with Crippen LogP contribution in [0.5, 0.6) is 5.75 Å². The Kier molecular flexibility index (Phi) is 9.57. The van der Waals surface area contributed by atoms with Gasteiger partial charge in [-0.25, -0.2) is 4.79 Å². The molecular weight excluding hydrogens is 500 g/mol. The fourth-order valence-electron chi connectivity index (χ4n) is 4.00. The smallest absolute Gasteiger partial charge is 0.331 e. The van der Waals surface area contributed by atoms with E-state index in [1.54, 1.807) is 0 Å². The number of benzene rings is 1. The second-order valence-corrected chi connectivity index (χ2v) is 8.48. The lowest BCUT2D eigenvalue weighted by Gasteiger charge is -2.44. The van der Waals surface area contributed by atoms with Gasteiger partial charge in [0, 0.05) is 13.0 Å². The van der Waals surface area contributed by atoms with Crippen LogP contribution in [-0.4, -0.2) is 122 Å². The molecule has 2 fully saturated rings. The highest BCUT2D eigenvalue weighted by molar-refractivity contribution is 5.87. The van der Waals surface area contributed by atoms with Crippen molar-refractivity contribution in [2.24, 2.45) is 0 Å². The van der Waals surface area contributed by atoms with Crippen LogP contribution in [-0.2, 0) is 33.3 Å². The first-order chi connectivity index (χ1) is 17.5. The van der Waals surface area contributed by atoms with Crippen LogP contribution < -0.4 is 0 Å². The maximum absolute atomic E-state index is 12.5. The molecule has 37 heavy (non-hydrogen) atoms. The number of aliphatic hydroxyl groups is 6. The summed E-state index contributed by atoms with van der Waals surface area (Å²) >= 11 is 0. The monoisotopic (exact) mass is 530 g/mol. The van der Waals surface area contributed by atoms with Gasteiger partial charge >= 0.3 is 11.9 Å². The maximum Gasteiger partial charge on any atom is 0.331 e. The van der Waals surface area contributed by atoms with Gasteiger partial charge < -0.3 is 59.4 Å². The number of aliphatic hydroxyl groups excluding tert-OH is 6. The molecule has 1 aromatic carbocycles. The van der Waals surface area contributed by atoms with Crippen LogP contribution in [0.3, 0.4) is 0 Å². The molecule has 206 valence electrons. The lowest BCUT2D eigenvalue weighted by molar-refractivity contribution is -0.383. The van der Waals surface area contributed by atoms with Gasteiger partial charge in [-0.1, -0.05) is 12.1 Å². The van der Waals surface area contributed by atoms with Gasteiger partial charge in [0.2, 0.25) is 5.79 Å². The standard InChI is InChI=1S/C23H30O14/c1-11(27)33-20-17(30)14(8-24)34-22(19(20)32)37-23(10-26)21(18(31)15(9-25)36-23)35-16(29)7-4-12-2-5-13(28)6-3-12/h2-7,14-15,17-22,24-26,28,30-32H,8-10H2,1H3/b7-4-/t14-,15-,17-,18-,19-,20+,21+,22-,23+/m1/s1. The molecule has 2 saturated heterocycles. The minimum Gasteiger partial charge on any atom is -0.508 e. The number of hydrogen-bond acceptors (Lipinski definition) is 14. The quantitative estimate of drug-likeness (QED) is 0.126. The van der Waals surface area contributed by atoms with Crippen molar-refractivity contribution < 1.29 is 69.0 Å². The van der Waals surface area contributed by atoms with Gasteiger partial charge in [0.05, 0.1) is 13.2 Å². The molecule has 0 saturated carbocycles. The summed E-state index contributed by atoms with van der Waals surface area (Å²) in [4.78, 5) is 24.0. The van der Waals surface area contributed by atoms with E-state index in [2.05, 4.69) is 0 Å². The molecule has 7 N–H and O–H groups in total. The molecule has 14 nitrogen and oxygen atoms in total. The van der Waals surface area contributed by atoms with E-state index < -0.39 is 86.6 Å². The van der Waals surface area contributed by atoms with Crippen molar-refractivity contribution in [3.8, 4) is 5.75 Å². The fraction of sp³-hybridized carbons (Fsp3) is 0.565. The largest absolute Gasteiger partial charge is 0.508 e. The number of hydrogen-bond donors (Lipinski definition) is 7. The van der Waals surface area contributed by atoms with Crippen LogP contribution in [0.4, 0.5) is 0 Å². The summed E-state index contributed by atoms with van der Waals surface area (Å²) in [6.07, 6.45) is -10.9. The first-order valence-corrected chi connectivity index (χ1v) is 11.3. The summed E-state index contributed by atoms with van der Waals surface area (Å²) in [5, 5.41) is 70.3. The van der Waals surface area contributed by atoms with Crippen molar-refractivity contribution in [3.63, 3.8) is 0 Å². The van der Waals surface area contributed by atoms with Crippen molar-refractivity contribution in [3.05, 3.63) is 35.9 Å². The van der Waals surface area contributed by atoms with Crippen molar-refractivity contribution in [2.75, 3.05) is 19.8 Å². The third-order valence-corrected chi connectivity index (χ3v) is 5.86. The Morgan fingerprint density at radius 1 is 0.973 bits per heavy atom. The number of ether oxygens (including phenoxy) is 5. The summed E-state index contributed by atoms with van der Waals surface area (Å²) in [5.41, 5.74) is 0.528. The van der Waals surface area contributed by atoms with E-state index in [0.29, 0.717) is 5.56 Å². The number of phenolic OH excluding ortho intramolecular Hbond substituents is 1. The van der Waals surface area contributed by atoms with Gasteiger partial charge in [-0.3, -0.25) is 4.79 Å². The Morgan fingerprint density at radius 3 is 2.19 bits per heavy atom. The zero-order valence-corrected chi connectivity index (χ0v) is 19.7. The van der Waals surface area contributed by atoms with Gasteiger partial charge in [-0.05, 0) is 23.8 Å². The van der Waals surface area contributed by atoms with Crippen LogP contribution in [0.15, 0.2) is 30.3 Å². The Balaban J connectivity index is 1.84. The molecular formula is C23H30O14. The van der Waals surface area contributed by atoms with Gasteiger partial charge in [0.1, 0.15) is 42.9 Å². The average molecular weight is 530 g/mol. The number of aromatic hydroxyl groups is 1. The molecule has 2 aliphatic rings. The molecule has 0 radical (unpaired) electrons. The summed E-state index contributed by atoms with van der Waals surface area (Å²) in [6, 6.07) is 5.82. The zero-order valence-electron chi connectivity index (χ0n) is 19.7. The SMILES string of the molecule is CC(=O)O[C@@H]1[C@@H](O)[C@@H](O[C@]2(CO)O[C@H](CO)[C@@H](O)[C@@H]2OC(=O)/C=C\c2ccc(O)cc2)O[C@H](CO)[C@H]1O. The molecule has 0 unspecified atom stereocenters. The number of phenols is 1. The van der Waals surface area contributed by atoms with Crippen molar-refractivity contribution in [1.82, 2.24) is 0 Å². The second kappa shape index (κ2) is 12.3. The highest BCUT2D eigenvalue weighted by Gasteiger charge is 2.61. The lowest BCUT2D eigenvalue weighted by atomic mass is 9.98. The molecule has 2 heterocycles. The Labute approximate surface area is 210 Å². The third-order valence-electron chi connectivity index (χ3n) is 5.86. The second-order valence-electron chi connectivity index (χ2n) is 8.48. The van der Waals surface area contributed by atoms with Crippen molar-refractivity contribution in [1.29, 1.82) is 0 Å². The molecule has 14 heteroatoms. The number of esters is 2. The number of rotatable bonds is 9. The first-order valence-electron chi connectivity index (χ1n) is 11.3. The number of carbonyl (C=O) groups is 2. The Morgan fingerprint density at radius 2 is 1.62 bits per heavy atom. The van der Waals surface area contributed by atoms with E-state index in [4.69, 9.17) is 23.7 Å². The highest BCUT2D eigenvalue weighted by Crippen LogP contribution is 2.38. The van der Waals surface area contributed by atoms with Gasteiger partial charge in [-0.2, -0.15) is 0 Å². The molecule has 0 aliphatic carbocycles. The molecule has 0 amide bonds. The summed E-state index contributed by atoms with van der Waals surface area (Å²) < 4.78 is 26.7. The third kappa shape index (κ3) is 6.43. The normalized spacial score (nSPS) is 36.0. The van der Waals surface area contributed by atoms with Crippen molar-refractivity contribution in [2.45, 2.75) is 61.7 Å². The molecule has 0 aromatic heterocycles. The molecule has 3 rings (SSSR count). The van der Waals surface area contributed by atoms with Crippen LogP contribution in [0.1, 0.15) is 12.5 Å². The zero-order chi connectivity index (χ0) is 27.3. The van der Waals surface area contributed by atoms with Gasteiger partial charge in [-0.15, -0.1) is 0 Å². The summed E-state index contributed by atoms with van der Waals surface area (Å²) in [6.45, 7) is -1.60. The van der Waals surface area contributed by atoms with Crippen LogP contribution in [0.2, 0.25) is 0 Å². The lowest BCUT2D eigenvalue weighted by Crippen LogP contribution is -2.63. The minimum absolute atomic E-state index is 0.0184. The molecule has 9 atom stereocenters. The Hall–Kier alpha value is -2.66. The molecule has 2 aliphatic heterocycles. The van der Waals surface area contributed by atoms with E-state index in [0.717, 1.165) is 13.0 Å². The van der Waals surface area contributed by atoms with E-state index in [9.17, 15) is 45.3 Å². The highest BCUT2D eigenvalue weighted by atomic mass is 16.8. The van der Waals surface area contributed by atoms with E-state index in [-0.39, 0.29) is 5.75 Å². The maximum atomic E-state index is 12.5. The van der Waals surface area contributed by atoms with Gasteiger partial charge in [0.25, 0.3) is 0 Å². The van der Waals surface area contributed by atoms with Crippen molar-refractivity contribution >= 4 is 18.0 Å². The molecule has 0 bridgehead atoms. The van der Waals surface area contributed by atoms with Gasteiger partial charge in [0.15, 0.2) is 18.5 Å². The number of carbonyl (C=O) groups excluding carboxylic acids is 2. The minimum atomic E-state index is -2.39. The topological polar surface area (TPSA) is 222 Å². The van der Waals surface area contributed by atoms with Crippen LogP contribution in [0.25, 0.3) is 6.08 Å². The molecule has 1 aromatic rings. The van der Waals surface area contributed by atoms with E-state index >= 15 is 0 Å². The van der Waals surface area contributed by atoms with E-state index in [1.165, 1.54) is 30.3 Å². The molecule has 0 spiro atoms. The Bertz CT molecular complexity index is 951. The fourth-order valence-corrected chi connectivity index (χ4v) is 4.00. The summed E-state index contributed by atoms with van der Waals surface area (Å²) in [7, 11) is 0. The van der Waals surface area contributed by atoms with Crippen LogP contribution in [0, 0.1) is 0 Å². The first kappa shape index (κ1) is 28.9. The predicted octanol–water partition coefficient (Wildman–Crippen LogP) is -2.85.